The van der Waals surface area contributed by atoms with Gasteiger partial charge >= 0.3 is 5.97 Å². The van der Waals surface area contributed by atoms with E-state index in [1.54, 1.807) is 31.4 Å². The van der Waals surface area contributed by atoms with Crippen molar-refractivity contribution in [3.63, 3.8) is 0 Å². The first kappa shape index (κ1) is 21.0. The van der Waals surface area contributed by atoms with E-state index in [2.05, 4.69) is 26.7 Å². The molecule has 7 heteroatoms. The van der Waals surface area contributed by atoms with Crippen LogP contribution in [0.2, 0.25) is 0 Å². The van der Waals surface area contributed by atoms with E-state index in [1.807, 2.05) is 12.1 Å². The Morgan fingerprint density at radius 2 is 1.59 bits per heavy atom. The smallest absolute Gasteiger partial charge is 0.337 e. The summed E-state index contributed by atoms with van der Waals surface area (Å²) in [6.45, 7) is 4.37. The zero-order valence-electron chi connectivity index (χ0n) is 16.9. The molecule has 7 nitrogen and oxygen atoms in total. The minimum atomic E-state index is -0.581. The first-order valence-electron chi connectivity index (χ1n) is 9.69. The molecular weight excluding hydrogens is 372 g/mol. The molecule has 0 unspecified atom stereocenters. The van der Waals surface area contributed by atoms with Gasteiger partial charge in [0.05, 0.1) is 19.8 Å². The van der Waals surface area contributed by atoms with Crippen molar-refractivity contribution in [3.8, 4) is 11.5 Å². The van der Waals surface area contributed by atoms with E-state index in [0.717, 1.165) is 31.9 Å². The topological polar surface area (TPSA) is 71.5 Å². The highest BCUT2D eigenvalue weighted by Gasteiger charge is 2.20. The third-order valence-electron chi connectivity index (χ3n) is 5.00. The number of aliphatic hydroxyl groups excluding tert-OH is 1. The van der Waals surface area contributed by atoms with Crippen LogP contribution < -0.4 is 14.4 Å². The van der Waals surface area contributed by atoms with Gasteiger partial charge in [-0.3, -0.25) is 4.90 Å². The van der Waals surface area contributed by atoms with Crippen LogP contribution in [0.15, 0.2) is 48.5 Å². The number of aliphatic hydroxyl groups is 1. The lowest BCUT2D eigenvalue weighted by atomic mass is 10.2. The molecule has 2 aromatic carbocycles. The fraction of sp³-hybridized carbons (Fsp3) is 0.409. The van der Waals surface area contributed by atoms with Crippen molar-refractivity contribution in [2.75, 3.05) is 58.5 Å². The SMILES string of the molecule is COC(=O)c1ccc(OC[C@H](O)CN2CCN(c3ccc(OC)cc3)CC2)cc1. The number of rotatable bonds is 8. The fourth-order valence-corrected chi connectivity index (χ4v) is 3.33. The minimum Gasteiger partial charge on any atom is -0.497 e. The average Bonchev–Trinajstić information content (AvgIpc) is 2.78. The zero-order chi connectivity index (χ0) is 20.6. The predicted octanol–water partition coefficient (Wildman–Crippen LogP) is 2.04. The number of carbonyl (C=O) groups is 1. The van der Waals surface area contributed by atoms with Gasteiger partial charge in [0.25, 0.3) is 0 Å². The van der Waals surface area contributed by atoms with E-state index in [9.17, 15) is 9.90 Å². The van der Waals surface area contributed by atoms with Crippen LogP contribution in [-0.2, 0) is 4.74 Å². The lowest BCUT2D eigenvalue weighted by Gasteiger charge is -2.36. The van der Waals surface area contributed by atoms with Crippen molar-refractivity contribution in [2.45, 2.75) is 6.10 Å². The van der Waals surface area contributed by atoms with Crippen LogP contribution in [0.25, 0.3) is 0 Å². The van der Waals surface area contributed by atoms with E-state index in [1.165, 1.54) is 12.8 Å². The number of nitrogens with zero attached hydrogens (tertiary/aromatic N) is 2. The summed E-state index contributed by atoms with van der Waals surface area (Å²) < 4.78 is 15.5. The molecule has 1 atom stereocenters. The quantitative estimate of drug-likeness (QED) is 0.680. The number of ether oxygens (including phenoxy) is 3. The van der Waals surface area contributed by atoms with Gasteiger partial charge in [0.2, 0.25) is 0 Å². The normalized spacial score (nSPS) is 15.6. The van der Waals surface area contributed by atoms with E-state index in [0.29, 0.717) is 17.9 Å². The van der Waals surface area contributed by atoms with E-state index in [4.69, 9.17) is 9.47 Å². The molecule has 3 rings (SSSR count). The number of anilines is 1. The molecule has 1 saturated heterocycles. The second kappa shape index (κ2) is 10.1. The molecular formula is C22H28N2O5. The summed E-state index contributed by atoms with van der Waals surface area (Å²) in [5.41, 5.74) is 1.65. The molecule has 1 heterocycles. The van der Waals surface area contributed by atoms with Crippen LogP contribution in [0.4, 0.5) is 5.69 Å². The number of piperazine rings is 1. The molecule has 0 spiro atoms. The maximum atomic E-state index is 11.4. The number of methoxy groups -OCH3 is 2. The molecule has 0 aromatic heterocycles. The summed E-state index contributed by atoms with van der Waals surface area (Å²) in [6.07, 6.45) is -0.581. The van der Waals surface area contributed by atoms with Crippen molar-refractivity contribution in [2.24, 2.45) is 0 Å². The van der Waals surface area contributed by atoms with Gasteiger partial charge in [-0.15, -0.1) is 0 Å². The molecule has 1 aliphatic rings. The maximum absolute atomic E-state index is 11.4. The predicted molar refractivity (Wildman–Crippen MR) is 111 cm³/mol. The first-order valence-corrected chi connectivity index (χ1v) is 9.69. The molecule has 2 aromatic rings. The Balaban J connectivity index is 1.40. The van der Waals surface area contributed by atoms with Gasteiger partial charge in [0, 0.05) is 38.4 Å². The summed E-state index contributed by atoms with van der Waals surface area (Å²) in [7, 11) is 3.01. The van der Waals surface area contributed by atoms with Crippen LogP contribution in [0.1, 0.15) is 10.4 Å². The summed E-state index contributed by atoms with van der Waals surface area (Å²) in [4.78, 5) is 16.0. The molecule has 1 fully saturated rings. The molecule has 1 aliphatic heterocycles. The van der Waals surface area contributed by atoms with E-state index < -0.39 is 6.10 Å². The Morgan fingerprint density at radius 1 is 0.966 bits per heavy atom. The zero-order valence-corrected chi connectivity index (χ0v) is 16.9. The van der Waals surface area contributed by atoms with Crippen molar-refractivity contribution < 1.29 is 24.1 Å². The Kier molecular flexibility index (Phi) is 7.32. The van der Waals surface area contributed by atoms with Crippen LogP contribution in [-0.4, -0.2) is 75.6 Å². The summed E-state index contributed by atoms with van der Waals surface area (Å²) >= 11 is 0. The average molecular weight is 400 g/mol. The van der Waals surface area contributed by atoms with Gasteiger partial charge < -0.3 is 24.2 Å². The van der Waals surface area contributed by atoms with E-state index in [-0.39, 0.29) is 12.6 Å². The molecule has 156 valence electrons. The van der Waals surface area contributed by atoms with Gasteiger partial charge in [-0.2, -0.15) is 0 Å². The largest absolute Gasteiger partial charge is 0.497 e. The number of benzene rings is 2. The number of carbonyl (C=O) groups excluding carboxylic acids is 1. The molecule has 1 N–H and O–H groups in total. The first-order chi connectivity index (χ1) is 14.1. The number of hydrogen-bond donors (Lipinski definition) is 1. The second-order valence-corrected chi connectivity index (χ2v) is 6.97. The molecule has 29 heavy (non-hydrogen) atoms. The summed E-state index contributed by atoms with van der Waals surface area (Å²) in [5, 5.41) is 10.3. The van der Waals surface area contributed by atoms with Crippen molar-refractivity contribution in [1.82, 2.24) is 4.90 Å². The highest BCUT2D eigenvalue weighted by molar-refractivity contribution is 5.89. The molecule has 0 radical (unpaired) electrons. The van der Waals surface area contributed by atoms with Crippen LogP contribution >= 0.6 is 0 Å². The standard InChI is InChI=1S/C22H28N2O5/c1-27-20-9-5-18(6-10-20)24-13-11-23(12-14-24)15-19(25)16-29-21-7-3-17(4-8-21)22(26)28-2/h3-10,19,25H,11-16H2,1-2H3/t19-/m1/s1. The molecule has 0 aliphatic carbocycles. The van der Waals surface area contributed by atoms with Crippen molar-refractivity contribution in [3.05, 3.63) is 54.1 Å². The highest BCUT2D eigenvalue weighted by atomic mass is 16.5. The van der Waals surface area contributed by atoms with Crippen LogP contribution in [0.5, 0.6) is 11.5 Å². The lowest BCUT2D eigenvalue weighted by molar-refractivity contribution is 0.0599. The minimum absolute atomic E-state index is 0.205. The fourth-order valence-electron chi connectivity index (χ4n) is 3.33. The maximum Gasteiger partial charge on any atom is 0.337 e. The molecule has 0 bridgehead atoms. The Bertz CT molecular complexity index is 771. The molecule has 0 amide bonds. The third kappa shape index (κ3) is 5.85. The second-order valence-electron chi connectivity index (χ2n) is 6.97. The molecule has 0 saturated carbocycles. The van der Waals surface area contributed by atoms with Crippen LogP contribution in [0.3, 0.4) is 0 Å². The highest BCUT2D eigenvalue weighted by Crippen LogP contribution is 2.20. The monoisotopic (exact) mass is 400 g/mol. The third-order valence-corrected chi connectivity index (χ3v) is 5.00. The lowest BCUT2D eigenvalue weighted by Crippen LogP contribution is -2.49. The Morgan fingerprint density at radius 3 is 2.17 bits per heavy atom. The van der Waals surface area contributed by atoms with Gasteiger partial charge in [0.15, 0.2) is 0 Å². The summed E-state index contributed by atoms with van der Waals surface area (Å²) in [6, 6.07) is 14.8. The Labute approximate surface area is 171 Å². The van der Waals surface area contributed by atoms with Crippen molar-refractivity contribution >= 4 is 11.7 Å². The summed E-state index contributed by atoms with van der Waals surface area (Å²) in [5.74, 6) is 1.09. The van der Waals surface area contributed by atoms with Crippen molar-refractivity contribution in [1.29, 1.82) is 0 Å². The van der Waals surface area contributed by atoms with Gasteiger partial charge in [-0.05, 0) is 48.5 Å². The van der Waals surface area contributed by atoms with E-state index >= 15 is 0 Å². The van der Waals surface area contributed by atoms with Gasteiger partial charge in [-0.1, -0.05) is 0 Å². The van der Waals surface area contributed by atoms with Gasteiger partial charge in [0.1, 0.15) is 24.2 Å². The van der Waals surface area contributed by atoms with Gasteiger partial charge in [-0.25, -0.2) is 4.79 Å². The Hall–Kier alpha value is -2.77. The van der Waals surface area contributed by atoms with Crippen LogP contribution in [0, 0.1) is 0 Å². The number of esters is 1. The number of hydrogen-bond acceptors (Lipinski definition) is 7. The number of β-amino-alcohol motifs (C(OH)–C–C–N with tert-alkyl or cyclic N) is 1.